The van der Waals surface area contributed by atoms with Crippen LogP contribution in [0, 0.1) is 6.92 Å². The molecule has 0 aliphatic carbocycles. The number of nitrogens with one attached hydrogen (secondary N) is 1. The monoisotopic (exact) mass is 339 g/mol. The Morgan fingerprint density at radius 2 is 2.16 bits per heavy atom. The molecule has 0 radical (unpaired) electrons. The number of hydrogen-bond acceptors (Lipinski definition) is 3. The number of aromatic nitrogens is 1. The quantitative estimate of drug-likeness (QED) is 0.648. The van der Waals surface area contributed by atoms with Crippen molar-refractivity contribution in [3.63, 3.8) is 0 Å². The van der Waals surface area contributed by atoms with Crippen LogP contribution in [0.25, 0.3) is 0 Å². The molecule has 1 amide bonds. The second kappa shape index (κ2) is 5.59. The number of carbonyl (C=O) groups excluding carboxylic acids is 1. The lowest BCUT2D eigenvalue weighted by Crippen LogP contribution is -2.14. The van der Waals surface area contributed by atoms with Crippen molar-refractivity contribution in [3.05, 3.63) is 51.2 Å². The van der Waals surface area contributed by atoms with Gasteiger partial charge in [0.05, 0.1) is 5.69 Å². The summed E-state index contributed by atoms with van der Waals surface area (Å²) in [6.45, 7) is 1.83. The number of benzene rings is 1. The van der Waals surface area contributed by atoms with Gasteiger partial charge in [-0.1, -0.05) is 11.6 Å². The predicted octanol–water partition coefficient (Wildman–Crippen LogP) is 3.64. The van der Waals surface area contributed by atoms with Gasteiger partial charge < -0.3 is 11.1 Å². The molecule has 6 heteroatoms. The van der Waals surface area contributed by atoms with E-state index in [2.05, 4.69) is 26.2 Å². The molecule has 0 atom stereocenters. The molecule has 0 bridgehead atoms. The van der Waals surface area contributed by atoms with Crippen LogP contribution in [0.3, 0.4) is 0 Å². The summed E-state index contributed by atoms with van der Waals surface area (Å²) < 4.78 is 0.737. The summed E-state index contributed by atoms with van der Waals surface area (Å²) in [5.41, 5.74) is 8.08. The Balaban J connectivity index is 2.28. The van der Waals surface area contributed by atoms with Gasteiger partial charge in [-0.3, -0.25) is 4.79 Å². The van der Waals surface area contributed by atoms with Crippen LogP contribution in [0.1, 0.15) is 15.9 Å². The molecule has 4 nitrogen and oxygen atoms in total. The molecule has 1 aromatic heterocycles. The number of rotatable bonds is 2. The number of halogens is 2. The SMILES string of the molecule is Cc1cc(N)ccc1C(=O)Nc1cc(Br)cnc1Cl. The van der Waals surface area contributed by atoms with Crippen molar-refractivity contribution in [3.8, 4) is 0 Å². The first kappa shape index (κ1) is 13.8. The number of nitrogens with zero attached hydrogens (tertiary/aromatic N) is 1. The molecule has 0 aliphatic heterocycles. The fourth-order valence-electron chi connectivity index (χ4n) is 1.64. The Hall–Kier alpha value is -1.59. The molecule has 2 aromatic rings. The van der Waals surface area contributed by atoms with E-state index in [0.717, 1.165) is 10.0 Å². The van der Waals surface area contributed by atoms with E-state index in [1.165, 1.54) is 0 Å². The minimum atomic E-state index is -0.251. The van der Waals surface area contributed by atoms with Gasteiger partial charge in [0.15, 0.2) is 5.15 Å². The van der Waals surface area contributed by atoms with Gasteiger partial charge in [-0.25, -0.2) is 4.98 Å². The smallest absolute Gasteiger partial charge is 0.256 e. The largest absolute Gasteiger partial charge is 0.399 e. The summed E-state index contributed by atoms with van der Waals surface area (Å²) in [4.78, 5) is 16.1. The summed E-state index contributed by atoms with van der Waals surface area (Å²) >= 11 is 9.20. The van der Waals surface area contributed by atoms with E-state index in [0.29, 0.717) is 16.9 Å². The molecule has 1 heterocycles. The van der Waals surface area contributed by atoms with E-state index < -0.39 is 0 Å². The molecule has 1 aromatic carbocycles. The summed E-state index contributed by atoms with van der Waals surface area (Å²) in [5.74, 6) is -0.251. The first-order valence-electron chi connectivity index (χ1n) is 5.46. The number of hydrogen-bond donors (Lipinski definition) is 2. The molecule has 0 saturated carbocycles. The van der Waals surface area contributed by atoms with Crippen molar-refractivity contribution in [2.75, 3.05) is 11.1 Å². The molecule has 0 saturated heterocycles. The fourth-order valence-corrected chi connectivity index (χ4v) is 2.12. The zero-order chi connectivity index (χ0) is 14.0. The van der Waals surface area contributed by atoms with Gasteiger partial charge in [0.1, 0.15) is 0 Å². The molecule has 3 N–H and O–H groups in total. The average Bonchev–Trinajstić information content (AvgIpc) is 2.33. The first-order chi connectivity index (χ1) is 8.97. The maximum absolute atomic E-state index is 12.2. The predicted molar refractivity (Wildman–Crippen MR) is 80.5 cm³/mol. The summed E-state index contributed by atoms with van der Waals surface area (Å²) in [5, 5.41) is 2.96. The Kier molecular flexibility index (Phi) is 4.07. The van der Waals surface area contributed by atoms with Crippen LogP contribution >= 0.6 is 27.5 Å². The highest BCUT2D eigenvalue weighted by molar-refractivity contribution is 9.10. The fraction of sp³-hybridized carbons (Fsp3) is 0.0769. The highest BCUT2D eigenvalue weighted by Crippen LogP contribution is 2.24. The van der Waals surface area contributed by atoms with Gasteiger partial charge >= 0.3 is 0 Å². The van der Waals surface area contributed by atoms with Gasteiger partial charge in [0.25, 0.3) is 5.91 Å². The van der Waals surface area contributed by atoms with Crippen molar-refractivity contribution in [2.45, 2.75) is 6.92 Å². The number of pyridine rings is 1. The van der Waals surface area contributed by atoms with Crippen molar-refractivity contribution in [1.82, 2.24) is 4.98 Å². The molecule has 98 valence electrons. The molecule has 19 heavy (non-hydrogen) atoms. The maximum Gasteiger partial charge on any atom is 0.256 e. The van der Waals surface area contributed by atoms with E-state index in [4.69, 9.17) is 17.3 Å². The molecule has 0 aliphatic rings. The summed E-state index contributed by atoms with van der Waals surface area (Å²) in [6.07, 6.45) is 1.56. The Morgan fingerprint density at radius 1 is 1.42 bits per heavy atom. The standard InChI is InChI=1S/C13H11BrClN3O/c1-7-4-9(16)2-3-10(7)13(19)18-11-5-8(14)6-17-12(11)15/h2-6H,16H2,1H3,(H,18,19). The van der Waals surface area contributed by atoms with Crippen LogP contribution in [0.5, 0.6) is 0 Å². The van der Waals surface area contributed by atoms with E-state index in [-0.39, 0.29) is 11.1 Å². The molecule has 2 rings (SSSR count). The van der Waals surface area contributed by atoms with Gasteiger partial charge in [0.2, 0.25) is 0 Å². The van der Waals surface area contributed by atoms with E-state index in [1.807, 2.05) is 6.92 Å². The highest BCUT2D eigenvalue weighted by atomic mass is 79.9. The van der Waals surface area contributed by atoms with Crippen molar-refractivity contribution < 1.29 is 4.79 Å². The summed E-state index contributed by atoms with van der Waals surface area (Å²) in [7, 11) is 0. The van der Waals surface area contributed by atoms with Crippen LogP contribution in [0.2, 0.25) is 5.15 Å². The minimum Gasteiger partial charge on any atom is -0.399 e. The van der Waals surface area contributed by atoms with Gasteiger partial charge in [-0.05, 0) is 52.7 Å². The van der Waals surface area contributed by atoms with E-state index in [1.54, 1.807) is 30.5 Å². The molecule has 0 unspecified atom stereocenters. The third kappa shape index (κ3) is 3.24. The topological polar surface area (TPSA) is 68.0 Å². The maximum atomic E-state index is 12.2. The summed E-state index contributed by atoms with van der Waals surface area (Å²) in [6, 6.07) is 6.80. The molecular formula is C13H11BrClN3O. The Labute approximate surface area is 124 Å². The second-order valence-electron chi connectivity index (χ2n) is 4.02. The highest BCUT2D eigenvalue weighted by Gasteiger charge is 2.12. The zero-order valence-electron chi connectivity index (χ0n) is 10.1. The lowest BCUT2D eigenvalue weighted by atomic mass is 10.1. The Morgan fingerprint density at radius 3 is 2.84 bits per heavy atom. The number of nitrogens with two attached hydrogens (primary N) is 1. The normalized spacial score (nSPS) is 10.3. The minimum absolute atomic E-state index is 0.240. The van der Waals surface area contributed by atoms with Crippen LogP contribution in [-0.4, -0.2) is 10.9 Å². The van der Waals surface area contributed by atoms with E-state index in [9.17, 15) is 4.79 Å². The van der Waals surface area contributed by atoms with E-state index >= 15 is 0 Å². The zero-order valence-corrected chi connectivity index (χ0v) is 12.4. The van der Waals surface area contributed by atoms with Crippen LogP contribution in [0.15, 0.2) is 34.9 Å². The third-order valence-electron chi connectivity index (χ3n) is 2.55. The van der Waals surface area contributed by atoms with Crippen molar-refractivity contribution in [2.24, 2.45) is 0 Å². The number of carbonyl (C=O) groups is 1. The number of anilines is 2. The van der Waals surface area contributed by atoms with Gasteiger partial charge in [0, 0.05) is 21.9 Å². The second-order valence-corrected chi connectivity index (χ2v) is 5.29. The molecule has 0 fully saturated rings. The number of nitrogen functional groups attached to an aromatic ring is 1. The van der Waals surface area contributed by atoms with Crippen molar-refractivity contribution in [1.29, 1.82) is 0 Å². The molecular weight excluding hydrogens is 330 g/mol. The van der Waals surface area contributed by atoms with Gasteiger partial charge in [-0.2, -0.15) is 0 Å². The number of aryl methyl sites for hydroxylation is 1. The van der Waals surface area contributed by atoms with Crippen LogP contribution < -0.4 is 11.1 Å². The van der Waals surface area contributed by atoms with Gasteiger partial charge in [-0.15, -0.1) is 0 Å². The number of amides is 1. The van der Waals surface area contributed by atoms with Crippen LogP contribution in [-0.2, 0) is 0 Å². The van der Waals surface area contributed by atoms with Crippen LogP contribution in [0.4, 0.5) is 11.4 Å². The third-order valence-corrected chi connectivity index (χ3v) is 3.28. The van der Waals surface area contributed by atoms with Crippen molar-refractivity contribution >= 4 is 44.8 Å². The molecule has 0 spiro atoms. The average molecular weight is 341 g/mol. The first-order valence-corrected chi connectivity index (χ1v) is 6.63. The Bertz CT molecular complexity index is 646. The lowest BCUT2D eigenvalue weighted by Gasteiger charge is -2.09. The lowest BCUT2D eigenvalue weighted by molar-refractivity contribution is 0.102.